The van der Waals surface area contributed by atoms with Crippen LogP contribution in [0.2, 0.25) is 0 Å². The number of rotatable bonds is 5. The van der Waals surface area contributed by atoms with Crippen molar-refractivity contribution in [1.29, 1.82) is 0 Å². The Balaban J connectivity index is 1.18. The molecule has 0 radical (unpaired) electrons. The summed E-state index contributed by atoms with van der Waals surface area (Å²) in [5.41, 5.74) is 0.260. The molecular formula is C30H47NO8. The molecule has 9 heteroatoms. The highest BCUT2D eigenvalue weighted by Gasteiger charge is 2.67. The lowest BCUT2D eigenvalue weighted by Crippen LogP contribution is -2.63. The van der Waals surface area contributed by atoms with Crippen molar-refractivity contribution in [3.8, 4) is 0 Å². The number of carbonyl (C=O) groups excluding carboxylic acids is 1. The molecule has 0 aromatic carbocycles. The Labute approximate surface area is 231 Å². The van der Waals surface area contributed by atoms with E-state index in [1.54, 1.807) is 13.2 Å². The first kappa shape index (κ1) is 28.1. The normalized spacial score (nSPS) is 51.6. The lowest BCUT2D eigenvalue weighted by Gasteiger charge is -2.64. The minimum absolute atomic E-state index is 0.121. The predicted octanol–water partition coefficient (Wildman–Crippen LogP) is 2.30. The van der Waals surface area contributed by atoms with Gasteiger partial charge in [0.05, 0.1) is 25.4 Å². The lowest BCUT2D eigenvalue weighted by molar-refractivity contribution is -0.316. The first-order valence-electron chi connectivity index (χ1n) is 15.1. The molecule has 2 aliphatic heterocycles. The molecule has 1 saturated heterocycles. The maximum absolute atomic E-state index is 12.4. The van der Waals surface area contributed by atoms with E-state index in [2.05, 4.69) is 13.8 Å². The third-order valence-electron chi connectivity index (χ3n) is 12.5. The van der Waals surface area contributed by atoms with Gasteiger partial charge in [-0.2, -0.15) is 5.06 Å². The van der Waals surface area contributed by atoms with Crippen molar-refractivity contribution >= 4 is 5.97 Å². The number of nitrogens with zero attached hydrogens (tertiary/aromatic N) is 1. The zero-order valence-electron chi connectivity index (χ0n) is 23.6. The molecular weight excluding hydrogens is 502 g/mol. The molecule has 4 aliphatic carbocycles. The molecule has 6 rings (SSSR count). The van der Waals surface area contributed by atoms with E-state index in [1.807, 2.05) is 5.06 Å². The van der Waals surface area contributed by atoms with Gasteiger partial charge in [-0.25, -0.2) is 4.79 Å². The summed E-state index contributed by atoms with van der Waals surface area (Å²) >= 11 is 0. The summed E-state index contributed by atoms with van der Waals surface area (Å²) in [6.07, 6.45) is 7.24. The zero-order chi connectivity index (χ0) is 27.7. The fraction of sp³-hybridized carbons (Fsp3) is 0.900. The van der Waals surface area contributed by atoms with Crippen LogP contribution in [0.5, 0.6) is 0 Å². The number of cyclic esters (lactones) is 1. The number of hydrogen-bond donors (Lipinski definition) is 4. The van der Waals surface area contributed by atoms with Crippen LogP contribution in [0.3, 0.4) is 0 Å². The molecule has 0 spiro atoms. The molecule has 9 nitrogen and oxygen atoms in total. The molecule has 4 N–H and O–H groups in total. The quantitative estimate of drug-likeness (QED) is 0.302. The van der Waals surface area contributed by atoms with E-state index in [0.717, 1.165) is 63.4 Å². The van der Waals surface area contributed by atoms with E-state index in [9.17, 15) is 25.2 Å². The van der Waals surface area contributed by atoms with Crippen LogP contribution < -0.4 is 0 Å². The second-order valence-electron chi connectivity index (χ2n) is 13.9. The Morgan fingerprint density at radius 1 is 1.05 bits per heavy atom. The van der Waals surface area contributed by atoms with Gasteiger partial charge in [-0.15, -0.1) is 0 Å². The van der Waals surface area contributed by atoms with Gasteiger partial charge >= 0.3 is 5.97 Å². The van der Waals surface area contributed by atoms with Crippen molar-refractivity contribution in [3.63, 3.8) is 0 Å². The molecule has 5 fully saturated rings. The highest BCUT2D eigenvalue weighted by Crippen LogP contribution is 2.70. The largest absolute Gasteiger partial charge is 0.458 e. The van der Waals surface area contributed by atoms with Gasteiger partial charge in [0.15, 0.2) is 0 Å². The maximum atomic E-state index is 12.4. The Bertz CT molecular complexity index is 990. The Morgan fingerprint density at radius 3 is 2.54 bits per heavy atom. The first-order valence-corrected chi connectivity index (χ1v) is 15.1. The van der Waals surface area contributed by atoms with Crippen LogP contribution in [0.1, 0.15) is 78.1 Å². The van der Waals surface area contributed by atoms with Gasteiger partial charge in [-0.3, -0.25) is 4.84 Å². The van der Waals surface area contributed by atoms with Crippen LogP contribution in [0.15, 0.2) is 11.6 Å². The van der Waals surface area contributed by atoms with Gasteiger partial charge in [0.1, 0.15) is 25.0 Å². The minimum Gasteiger partial charge on any atom is -0.458 e. The third kappa shape index (κ3) is 4.17. The molecule has 12 atom stereocenters. The van der Waals surface area contributed by atoms with Crippen molar-refractivity contribution in [1.82, 2.24) is 5.06 Å². The molecule has 2 heterocycles. The highest BCUT2D eigenvalue weighted by atomic mass is 16.7. The molecule has 0 amide bonds. The average Bonchev–Trinajstić information content (AvgIpc) is 3.46. The second-order valence-corrected chi connectivity index (χ2v) is 13.9. The number of carbonyl (C=O) groups is 1. The van der Waals surface area contributed by atoms with Crippen LogP contribution in [0.25, 0.3) is 0 Å². The van der Waals surface area contributed by atoms with E-state index in [-0.39, 0.29) is 47.7 Å². The van der Waals surface area contributed by atoms with E-state index < -0.39 is 30.1 Å². The van der Waals surface area contributed by atoms with Gasteiger partial charge in [-0.05, 0) is 92.4 Å². The smallest absolute Gasteiger partial charge is 0.331 e. The van der Waals surface area contributed by atoms with Crippen LogP contribution >= 0.6 is 0 Å². The van der Waals surface area contributed by atoms with E-state index >= 15 is 0 Å². The fourth-order valence-electron chi connectivity index (χ4n) is 10.4. The standard InChI is InChI=1S/C30H47NO8/c1-28-9-6-19(31(37-3)25-14-23(33)27(35)24(15-32)39-25)13-18(28)4-5-22-21(28)7-10-29(2)20(8-11-30(22,29)36)17-12-26(34)38-16-17/h12,18-25,27,32-33,35-36H,4-11,13-16H2,1-3H3/t18?,19-,20-,21?,22?,23-,24-,25?,27-,28+,29-,30+/m1/s1. The van der Waals surface area contributed by atoms with Crippen molar-refractivity contribution in [2.45, 2.75) is 114 Å². The summed E-state index contributed by atoms with van der Waals surface area (Å²) < 4.78 is 11.2. The number of aliphatic hydroxyl groups excluding tert-OH is 3. The molecule has 0 aromatic rings. The van der Waals surface area contributed by atoms with E-state index in [4.69, 9.17) is 14.3 Å². The lowest BCUT2D eigenvalue weighted by atomic mass is 9.43. The summed E-state index contributed by atoms with van der Waals surface area (Å²) in [6, 6.07) is 0.121. The molecule has 39 heavy (non-hydrogen) atoms. The predicted molar refractivity (Wildman–Crippen MR) is 141 cm³/mol. The SMILES string of the molecule is CON(C1C[C@@H](O)[C@@H](O)[C@@H](CO)O1)[C@@H]1CC[C@@]2(C)C(CCC3C2CC[C@]2(C)[C@@H](C4=CC(=O)OC4)CC[C@]32O)C1. The molecule has 220 valence electrons. The second kappa shape index (κ2) is 10.0. The van der Waals surface area contributed by atoms with Crippen LogP contribution in [-0.4, -0.2) is 88.0 Å². The van der Waals surface area contributed by atoms with Crippen molar-refractivity contribution in [3.05, 3.63) is 11.6 Å². The van der Waals surface area contributed by atoms with Gasteiger partial charge in [0.25, 0.3) is 0 Å². The average molecular weight is 550 g/mol. The zero-order valence-corrected chi connectivity index (χ0v) is 23.6. The number of fused-ring (bicyclic) bond motifs is 5. The Kier molecular flexibility index (Phi) is 7.22. The van der Waals surface area contributed by atoms with Crippen LogP contribution in [0, 0.1) is 34.5 Å². The van der Waals surface area contributed by atoms with Crippen molar-refractivity contribution in [2.24, 2.45) is 34.5 Å². The van der Waals surface area contributed by atoms with Crippen molar-refractivity contribution < 1.29 is 39.5 Å². The van der Waals surface area contributed by atoms with Gasteiger partial charge < -0.3 is 29.9 Å². The number of hydrogen-bond acceptors (Lipinski definition) is 9. The van der Waals surface area contributed by atoms with Crippen molar-refractivity contribution in [2.75, 3.05) is 20.3 Å². The fourth-order valence-corrected chi connectivity index (χ4v) is 10.4. The third-order valence-corrected chi connectivity index (χ3v) is 12.5. The van der Waals surface area contributed by atoms with Gasteiger partial charge in [0.2, 0.25) is 0 Å². The highest BCUT2D eigenvalue weighted by molar-refractivity contribution is 5.85. The molecule has 0 aromatic heterocycles. The Morgan fingerprint density at radius 2 is 1.85 bits per heavy atom. The van der Waals surface area contributed by atoms with Gasteiger partial charge in [0, 0.05) is 24.0 Å². The van der Waals surface area contributed by atoms with Crippen LogP contribution in [-0.2, 0) is 19.1 Å². The molecule has 0 bridgehead atoms. The molecule has 4 unspecified atom stereocenters. The summed E-state index contributed by atoms with van der Waals surface area (Å²) in [7, 11) is 1.63. The Hall–Kier alpha value is -1.07. The van der Waals surface area contributed by atoms with E-state index in [1.165, 1.54) is 0 Å². The first-order chi connectivity index (χ1) is 18.6. The van der Waals surface area contributed by atoms with Crippen LogP contribution in [0.4, 0.5) is 0 Å². The summed E-state index contributed by atoms with van der Waals surface area (Å²) in [6.45, 7) is 4.73. The number of hydroxylamine groups is 2. The topological polar surface area (TPSA) is 129 Å². The molecule has 4 saturated carbocycles. The summed E-state index contributed by atoms with van der Waals surface area (Å²) in [5.74, 6) is 1.18. The maximum Gasteiger partial charge on any atom is 0.331 e. The minimum atomic E-state index is -1.11. The monoisotopic (exact) mass is 549 g/mol. The number of ether oxygens (including phenoxy) is 2. The number of esters is 1. The summed E-state index contributed by atoms with van der Waals surface area (Å²) in [5, 5.41) is 44.5. The number of aliphatic hydroxyl groups is 4. The van der Waals surface area contributed by atoms with E-state index in [0.29, 0.717) is 18.4 Å². The van der Waals surface area contributed by atoms with Gasteiger partial charge in [-0.1, -0.05) is 13.8 Å². The summed E-state index contributed by atoms with van der Waals surface area (Å²) in [4.78, 5) is 17.7. The molecule has 6 aliphatic rings.